The third kappa shape index (κ3) is 3.67. The first-order chi connectivity index (χ1) is 11.8. The molecule has 2 aromatic rings. The average Bonchev–Trinajstić information content (AvgIpc) is 2.84. The summed E-state index contributed by atoms with van der Waals surface area (Å²) < 4.78 is 8.23. The summed E-state index contributed by atoms with van der Waals surface area (Å²) in [5, 5.41) is 4.54. The largest absolute Gasteiger partial charge is 0.483 e. The Kier molecular flexibility index (Phi) is 4.28. The second-order valence-electron chi connectivity index (χ2n) is 10.8. The Morgan fingerprint density at radius 1 is 1.08 bits per heavy atom. The number of hydrogen-bond acceptors (Lipinski definition) is 4. The fourth-order valence-corrected chi connectivity index (χ4v) is 3.58. The number of anilines is 1. The highest BCUT2D eigenvalue weighted by Crippen LogP contribution is 2.39. The van der Waals surface area contributed by atoms with Crippen molar-refractivity contribution in [2.45, 2.75) is 85.8 Å². The summed E-state index contributed by atoms with van der Waals surface area (Å²) in [6.45, 7) is 21.0. The molecule has 0 unspecified atom stereocenters. The van der Waals surface area contributed by atoms with Crippen molar-refractivity contribution in [3.63, 3.8) is 0 Å². The molecule has 1 atom stereocenters. The van der Waals surface area contributed by atoms with Crippen molar-refractivity contribution >= 4 is 11.5 Å². The second kappa shape index (κ2) is 5.86. The molecular formula is C21H34N4O. The molecule has 3 rings (SSSR count). The zero-order valence-electron chi connectivity index (χ0n) is 17.8. The highest BCUT2D eigenvalue weighted by atomic mass is 16.5. The Labute approximate surface area is 157 Å². The van der Waals surface area contributed by atoms with Gasteiger partial charge >= 0.3 is 0 Å². The highest BCUT2D eigenvalue weighted by Gasteiger charge is 2.36. The Morgan fingerprint density at radius 2 is 1.73 bits per heavy atom. The maximum Gasteiger partial charge on any atom is 0.180 e. The van der Waals surface area contributed by atoms with E-state index >= 15 is 0 Å². The summed E-state index contributed by atoms with van der Waals surface area (Å²) in [4.78, 5) is 7.41. The average molecular weight is 359 g/mol. The fraction of sp³-hybridized carbons (Fsp3) is 0.714. The molecule has 0 fully saturated rings. The molecule has 0 aliphatic carbocycles. The number of nitrogens with zero attached hydrogens (tertiary/aromatic N) is 4. The molecule has 144 valence electrons. The minimum atomic E-state index is -0.0259. The topological polar surface area (TPSA) is 42.7 Å². The molecule has 3 heterocycles. The second-order valence-corrected chi connectivity index (χ2v) is 10.8. The Hall–Kier alpha value is -1.78. The predicted molar refractivity (Wildman–Crippen MR) is 107 cm³/mol. The molecule has 5 heteroatoms. The van der Waals surface area contributed by atoms with Crippen LogP contribution in [-0.4, -0.2) is 32.8 Å². The van der Waals surface area contributed by atoms with Gasteiger partial charge in [-0.2, -0.15) is 5.10 Å². The number of hydrogen-bond donors (Lipinski definition) is 0. The van der Waals surface area contributed by atoms with Gasteiger partial charge < -0.3 is 9.64 Å². The van der Waals surface area contributed by atoms with Crippen molar-refractivity contribution < 1.29 is 4.74 Å². The lowest BCUT2D eigenvalue weighted by atomic mass is 9.88. The van der Waals surface area contributed by atoms with Gasteiger partial charge in [-0.1, -0.05) is 41.5 Å². The van der Waals surface area contributed by atoms with Crippen LogP contribution in [0.25, 0.3) is 5.65 Å². The third-order valence-corrected chi connectivity index (χ3v) is 4.83. The molecule has 0 aromatic carbocycles. The molecule has 0 spiro atoms. The normalized spacial score (nSPS) is 18.8. The van der Waals surface area contributed by atoms with Gasteiger partial charge in [0.25, 0.3) is 0 Å². The van der Waals surface area contributed by atoms with Gasteiger partial charge in [-0.25, -0.2) is 9.50 Å². The molecule has 0 bridgehead atoms. The summed E-state index contributed by atoms with van der Waals surface area (Å²) in [7, 11) is 0. The first-order valence-electron chi connectivity index (χ1n) is 9.59. The van der Waals surface area contributed by atoms with Crippen LogP contribution in [0.15, 0.2) is 12.4 Å². The van der Waals surface area contributed by atoms with E-state index in [0.717, 1.165) is 35.7 Å². The van der Waals surface area contributed by atoms with E-state index in [4.69, 9.17) is 9.72 Å². The lowest BCUT2D eigenvalue weighted by Gasteiger charge is -2.44. The number of fused-ring (bicyclic) bond motifs is 2. The predicted octanol–water partition coefficient (Wildman–Crippen LogP) is 4.83. The zero-order valence-corrected chi connectivity index (χ0v) is 17.8. The monoisotopic (exact) mass is 358 g/mol. The Morgan fingerprint density at radius 3 is 2.27 bits per heavy atom. The molecule has 0 saturated heterocycles. The van der Waals surface area contributed by atoms with E-state index < -0.39 is 0 Å². The quantitative estimate of drug-likeness (QED) is 0.732. The Bertz CT molecular complexity index is 802. The van der Waals surface area contributed by atoms with E-state index in [1.807, 2.05) is 16.9 Å². The zero-order chi connectivity index (χ0) is 19.5. The van der Waals surface area contributed by atoms with Gasteiger partial charge in [-0.3, -0.25) is 0 Å². The Balaban J connectivity index is 2.11. The van der Waals surface area contributed by atoms with Crippen molar-refractivity contribution in [3.8, 4) is 5.75 Å². The van der Waals surface area contributed by atoms with Gasteiger partial charge in [0.1, 0.15) is 6.10 Å². The first kappa shape index (κ1) is 19.0. The first-order valence-corrected chi connectivity index (χ1v) is 9.59. The maximum atomic E-state index is 6.37. The van der Waals surface area contributed by atoms with Crippen LogP contribution in [0.1, 0.15) is 74.3 Å². The molecule has 26 heavy (non-hydrogen) atoms. The summed E-state index contributed by atoms with van der Waals surface area (Å²) in [6.07, 6.45) is 5.09. The number of ether oxygens (including phenoxy) is 1. The molecule has 1 aliphatic heterocycles. The van der Waals surface area contributed by atoms with E-state index in [2.05, 4.69) is 72.3 Å². The van der Waals surface area contributed by atoms with Gasteiger partial charge in [0.2, 0.25) is 0 Å². The van der Waals surface area contributed by atoms with Crippen LogP contribution in [-0.2, 0) is 5.41 Å². The summed E-state index contributed by atoms with van der Waals surface area (Å²) in [6, 6.07) is 0. The van der Waals surface area contributed by atoms with Crippen LogP contribution in [0.3, 0.4) is 0 Å². The fourth-order valence-electron chi connectivity index (χ4n) is 3.58. The SMILES string of the molecule is CC(C)(C)C[C@@H]1CN(C(C)(C)C)c2nc3c(C(C)(C)C)cnn3cc2O1. The van der Waals surface area contributed by atoms with Gasteiger partial charge in [0.05, 0.1) is 18.9 Å². The van der Waals surface area contributed by atoms with Crippen molar-refractivity contribution in [1.29, 1.82) is 0 Å². The summed E-state index contributed by atoms with van der Waals surface area (Å²) in [5.74, 6) is 1.76. The lowest BCUT2D eigenvalue weighted by Crippen LogP contribution is -2.51. The van der Waals surface area contributed by atoms with E-state index in [9.17, 15) is 0 Å². The molecule has 1 aliphatic rings. The van der Waals surface area contributed by atoms with Crippen LogP contribution in [0.2, 0.25) is 0 Å². The van der Waals surface area contributed by atoms with Crippen LogP contribution in [0.5, 0.6) is 5.75 Å². The minimum Gasteiger partial charge on any atom is -0.483 e. The highest BCUT2D eigenvalue weighted by molar-refractivity contribution is 5.63. The smallest absolute Gasteiger partial charge is 0.180 e. The summed E-state index contributed by atoms with van der Waals surface area (Å²) in [5.41, 5.74) is 2.27. The van der Waals surface area contributed by atoms with Crippen molar-refractivity contribution in [1.82, 2.24) is 14.6 Å². The van der Waals surface area contributed by atoms with Crippen molar-refractivity contribution in [2.24, 2.45) is 5.41 Å². The molecule has 0 N–H and O–H groups in total. The van der Waals surface area contributed by atoms with Gasteiger partial charge in [-0.15, -0.1) is 0 Å². The van der Waals surface area contributed by atoms with E-state index in [1.54, 1.807) is 0 Å². The van der Waals surface area contributed by atoms with Crippen molar-refractivity contribution in [3.05, 3.63) is 18.0 Å². The van der Waals surface area contributed by atoms with Gasteiger partial charge in [-0.05, 0) is 38.0 Å². The summed E-state index contributed by atoms with van der Waals surface area (Å²) >= 11 is 0. The molecule has 0 amide bonds. The van der Waals surface area contributed by atoms with E-state index in [1.165, 1.54) is 0 Å². The van der Waals surface area contributed by atoms with Gasteiger partial charge in [0, 0.05) is 11.1 Å². The molecule has 2 aromatic heterocycles. The molecule has 0 saturated carbocycles. The molecule has 0 radical (unpaired) electrons. The third-order valence-electron chi connectivity index (χ3n) is 4.83. The van der Waals surface area contributed by atoms with Crippen LogP contribution < -0.4 is 9.64 Å². The van der Waals surface area contributed by atoms with Crippen LogP contribution in [0.4, 0.5) is 5.82 Å². The molecular weight excluding hydrogens is 324 g/mol. The lowest BCUT2D eigenvalue weighted by molar-refractivity contribution is 0.130. The number of aromatic nitrogens is 3. The molecule has 5 nitrogen and oxygen atoms in total. The van der Waals surface area contributed by atoms with Crippen molar-refractivity contribution in [2.75, 3.05) is 11.4 Å². The number of rotatable bonds is 1. The standard InChI is InChI=1S/C21H34N4O/c1-19(2,3)10-14-12-24(21(7,8)9)18-16(26-14)13-25-17(23-18)15(11-22-25)20(4,5)6/h11,13-14H,10,12H2,1-9H3/t14-/m1/s1. The van der Waals surface area contributed by atoms with Crippen LogP contribution in [0, 0.1) is 5.41 Å². The maximum absolute atomic E-state index is 6.37. The van der Waals surface area contributed by atoms with Crippen LogP contribution >= 0.6 is 0 Å². The minimum absolute atomic E-state index is 0.000156. The van der Waals surface area contributed by atoms with E-state index in [0.29, 0.717) is 0 Å². The van der Waals surface area contributed by atoms with Gasteiger partial charge in [0.15, 0.2) is 17.2 Å². The van der Waals surface area contributed by atoms with E-state index in [-0.39, 0.29) is 22.5 Å².